The van der Waals surface area contributed by atoms with Gasteiger partial charge in [0.25, 0.3) is 11.8 Å². The first kappa shape index (κ1) is 23.6. The van der Waals surface area contributed by atoms with Crippen LogP contribution in [0.5, 0.6) is 17.2 Å². The number of nitrogens with one attached hydrogen (secondary N) is 2. The smallest absolute Gasteiger partial charge is 0.259 e. The molecule has 0 bridgehead atoms. The fourth-order valence-corrected chi connectivity index (χ4v) is 3.59. The van der Waals surface area contributed by atoms with E-state index in [4.69, 9.17) is 14.2 Å². The van der Waals surface area contributed by atoms with Gasteiger partial charge in [0.15, 0.2) is 6.61 Å². The van der Waals surface area contributed by atoms with E-state index < -0.39 is 0 Å². The standard InChI is InChI=1S/C28H26N2O5/c1-33-22-13-11-19(12-14-22)17-29-27(31)18-35-26-16-21-8-4-3-7-20(21)15-23(26)28(32)30-24-9-5-6-10-25(24)34-2/h3-16H,17-18H2,1-2H3,(H,29,31)(H,30,32). The van der Waals surface area contributed by atoms with Gasteiger partial charge in [0.05, 0.1) is 25.5 Å². The van der Waals surface area contributed by atoms with Crippen molar-refractivity contribution in [3.8, 4) is 17.2 Å². The number of anilines is 1. The van der Waals surface area contributed by atoms with Crippen LogP contribution in [0.15, 0.2) is 84.9 Å². The number of benzene rings is 4. The third kappa shape index (κ3) is 5.89. The largest absolute Gasteiger partial charge is 0.497 e. The van der Waals surface area contributed by atoms with Crippen LogP contribution in [-0.2, 0) is 11.3 Å². The molecule has 0 saturated heterocycles. The maximum absolute atomic E-state index is 13.2. The third-order valence-corrected chi connectivity index (χ3v) is 5.46. The molecule has 35 heavy (non-hydrogen) atoms. The minimum atomic E-state index is -0.367. The predicted octanol–water partition coefficient (Wildman–Crippen LogP) is 4.80. The molecule has 0 aliphatic heterocycles. The van der Waals surface area contributed by atoms with E-state index >= 15 is 0 Å². The zero-order chi connectivity index (χ0) is 24.6. The number of rotatable bonds is 9. The van der Waals surface area contributed by atoms with Crippen LogP contribution in [0.2, 0.25) is 0 Å². The normalized spacial score (nSPS) is 10.5. The quantitative estimate of drug-likeness (QED) is 0.367. The van der Waals surface area contributed by atoms with E-state index in [-0.39, 0.29) is 18.4 Å². The molecular weight excluding hydrogens is 444 g/mol. The summed E-state index contributed by atoms with van der Waals surface area (Å²) in [5, 5.41) is 7.48. The van der Waals surface area contributed by atoms with E-state index in [0.717, 1.165) is 22.1 Å². The Bertz CT molecular complexity index is 1340. The Morgan fingerprint density at radius 2 is 1.46 bits per heavy atom. The highest BCUT2D eigenvalue weighted by molar-refractivity contribution is 6.09. The lowest BCUT2D eigenvalue weighted by Gasteiger charge is -2.15. The summed E-state index contributed by atoms with van der Waals surface area (Å²) in [6.45, 7) is 0.120. The van der Waals surface area contributed by atoms with Gasteiger partial charge in [-0.1, -0.05) is 48.5 Å². The first-order chi connectivity index (χ1) is 17.1. The van der Waals surface area contributed by atoms with Crippen LogP contribution < -0.4 is 24.8 Å². The van der Waals surface area contributed by atoms with Gasteiger partial charge in [-0.3, -0.25) is 9.59 Å². The number of para-hydroxylation sites is 2. The number of carbonyl (C=O) groups is 2. The lowest BCUT2D eigenvalue weighted by Crippen LogP contribution is -2.28. The van der Waals surface area contributed by atoms with Crippen molar-refractivity contribution in [2.75, 3.05) is 26.1 Å². The molecule has 0 heterocycles. The van der Waals surface area contributed by atoms with Crippen molar-refractivity contribution in [3.63, 3.8) is 0 Å². The van der Waals surface area contributed by atoms with Crippen molar-refractivity contribution in [2.45, 2.75) is 6.54 Å². The molecule has 0 aliphatic rings. The fraction of sp³-hybridized carbons (Fsp3) is 0.143. The van der Waals surface area contributed by atoms with Crippen LogP contribution in [0, 0.1) is 0 Å². The van der Waals surface area contributed by atoms with E-state index in [1.165, 1.54) is 0 Å². The van der Waals surface area contributed by atoms with E-state index in [1.807, 2.05) is 60.7 Å². The second-order valence-corrected chi connectivity index (χ2v) is 7.76. The minimum absolute atomic E-state index is 0.233. The molecule has 0 aromatic heterocycles. The van der Waals surface area contributed by atoms with Crippen LogP contribution in [0.1, 0.15) is 15.9 Å². The number of fused-ring (bicyclic) bond motifs is 1. The Morgan fingerprint density at radius 3 is 2.17 bits per heavy atom. The predicted molar refractivity (Wildman–Crippen MR) is 135 cm³/mol. The fourth-order valence-electron chi connectivity index (χ4n) is 3.59. The van der Waals surface area contributed by atoms with Gasteiger partial charge < -0.3 is 24.8 Å². The minimum Gasteiger partial charge on any atom is -0.497 e. The summed E-state index contributed by atoms with van der Waals surface area (Å²) in [5.74, 6) is 0.940. The highest BCUT2D eigenvalue weighted by atomic mass is 16.5. The molecule has 4 aromatic rings. The number of hydrogen-bond donors (Lipinski definition) is 2. The lowest BCUT2D eigenvalue weighted by atomic mass is 10.1. The van der Waals surface area contributed by atoms with Gasteiger partial charge in [-0.25, -0.2) is 0 Å². The van der Waals surface area contributed by atoms with E-state index in [2.05, 4.69) is 10.6 Å². The number of carbonyl (C=O) groups excluding carboxylic acids is 2. The van der Waals surface area contributed by atoms with Crippen LogP contribution in [0.3, 0.4) is 0 Å². The van der Waals surface area contributed by atoms with Crippen LogP contribution in [-0.4, -0.2) is 32.6 Å². The van der Waals surface area contributed by atoms with Crippen molar-refractivity contribution >= 4 is 28.3 Å². The van der Waals surface area contributed by atoms with Gasteiger partial charge >= 0.3 is 0 Å². The third-order valence-electron chi connectivity index (χ3n) is 5.46. The summed E-state index contributed by atoms with van der Waals surface area (Å²) in [7, 11) is 3.14. The number of ether oxygens (including phenoxy) is 3. The highest BCUT2D eigenvalue weighted by Crippen LogP contribution is 2.29. The topological polar surface area (TPSA) is 85.9 Å². The SMILES string of the molecule is COc1ccc(CNC(=O)COc2cc3ccccc3cc2C(=O)Nc2ccccc2OC)cc1. The maximum Gasteiger partial charge on any atom is 0.259 e. The molecule has 0 aliphatic carbocycles. The Labute approximate surface area is 203 Å². The summed E-state index contributed by atoms with van der Waals surface area (Å²) >= 11 is 0. The summed E-state index contributed by atoms with van der Waals surface area (Å²) in [6, 6.07) is 25.7. The average molecular weight is 471 g/mol. The van der Waals surface area contributed by atoms with Gasteiger partial charge in [0.2, 0.25) is 0 Å². The highest BCUT2D eigenvalue weighted by Gasteiger charge is 2.17. The van der Waals surface area contributed by atoms with E-state index in [1.54, 1.807) is 38.5 Å². The number of hydrogen-bond acceptors (Lipinski definition) is 5. The lowest BCUT2D eigenvalue weighted by molar-refractivity contribution is -0.123. The molecule has 7 nitrogen and oxygen atoms in total. The molecule has 7 heteroatoms. The molecule has 0 atom stereocenters. The van der Waals surface area contributed by atoms with Gasteiger partial charge in [-0.15, -0.1) is 0 Å². The molecule has 178 valence electrons. The molecule has 0 fully saturated rings. The van der Waals surface area contributed by atoms with Crippen LogP contribution >= 0.6 is 0 Å². The van der Waals surface area contributed by atoms with Crippen LogP contribution in [0.25, 0.3) is 10.8 Å². The molecule has 0 unspecified atom stereocenters. The zero-order valence-corrected chi connectivity index (χ0v) is 19.5. The Kier molecular flexibility index (Phi) is 7.47. The first-order valence-electron chi connectivity index (χ1n) is 11.1. The van der Waals surface area contributed by atoms with E-state index in [0.29, 0.717) is 29.3 Å². The molecule has 0 radical (unpaired) electrons. The van der Waals surface area contributed by atoms with Crippen molar-refractivity contribution in [3.05, 3.63) is 96.1 Å². The second kappa shape index (κ2) is 11.1. The zero-order valence-electron chi connectivity index (χ0n) is 19.5. The summed E-state index contributed by atoms with van der Waals surface area (Å²) in [4.78, 5) is 25.7. The summed E-state index contributed by atoms with van der Waals surface area (Å²) < 4.78 is 16.3. The molecule has 0 spiro atoms. The van der Waals surface area contributed by atoms with Crippen molar-refractivity contribution in [1.82, 2.24) is 5.32 Å². The van der Waals surface area contributed by atoms with Crippen molar-refractivity contribution < 1.29 is 23.8 Å². The molecule has 2 N–H and O–H groups in total. The van der Waals surface area contributed by atoms with E-state index in [9.17, 15) is 9.59 Å². The Morgan fingerprint density at radius 1 is 0.771 bits per heavy atom. The molecule has 0 saturated carbocycles. The van der Waals surface area contributed by atoms with Gasteiger partial charge in [-0.2, -0.15) is 0 Å². The van der Waals surface area contributed by atoms with Gasteiger partial charge in [0.1, 0.15) is 17.2 Å². The Hall–Kier alpha value is -4.52. The molecule has 4 rings (SSSR count). The monoisotopic (exact) mass is 470 g/mol. The van der Waals surface area contributed by atoms with Crippen LogP contribution in [0.4, 0.5) is 5.69 Å². The number of amides is 2. The van der Waals surface area contributed by atoms with Gasteiger partial charge in [0, 0.05) is 6.54 Å². The summed E-state index contributed by atoms with van der Waals surface area (Å²) in [5.41, 5.74) is 1.79. The molecular formula is C28H26N2O5. The Balaban J connectivity index is 1.49. The maximum atomic E-state index is 13.2. The second-order valence-electron chi connectivity index (χ2n) is 7.76. The average Bonchev–Trinajstić information content (AvgIpc) is 2.90. The molecule has 2 amide bonds. The molecule has 4 aromatic carbocycles. The van der Waals surface area contributed by atoms with Crippen molar-refractivity contribution in [2.24, 2.45) is 0 Å². The first-order valence-corrected chi connectivity index (χ1v) is 11.1. The van der Waals surface area contributed by atoms with Crippen molar-refractivity contribution in [1.29, 1.82) is 0 Å². The number of methoxy groups -OCH3 is 2. The van der Waals surface area contributed by atoms with Gasteiger partial charge in [-0.05, 0) is 52.7 Å². The summed E-state index contributed by atoms with van der Waals surface area (Å²) in [6.07, 6.45) is 0.